The molecule has 0 saturated carbocycles. The zero-order chi connectivity index (χ0) is 16.1. The van der Waals surface area contributed by atoms with Crippen molar-refractivity contribution in [2.24, 2.45) is 0 Å². The van der Waals surface area contributed by atoms with Crippen LogP contribution in [0.5, 0.6) is 5.75 Å². The van der Waals surface area contributed by atoms with Crippen LogP contribution in [0.4, 0.5) is 4.39 Å². The van der Waals surface area contributed by atoms with Crippen LogP contribution in [0.3, 0.4) is 0 Å². The monoisotopic (exact) mass is 332 g/mol. The first kappa shape index (κ1) is 17.8. The van der Waals surface area contributed by atoms with Crippen LogP contribution in [0.2, 0.25) is 0 Å². The van der Waals surface area contributed by atoms with Crippen LogP contribution in [-0.4, -0.2) is 31.4 Å². The summed E-state index contributed by atoms with van der Waals surface area (Å²) in [5, 5.41) is 0. The van der Waals surface area contributed by atoms with Crippen molar-refractivity contribution in [3.63, 3.8) is 0 Å². The van der Waals surface area contributed by atoms with Gasteiger partial charge in [-0.25, -0.2) is 12.8 Å². The summed E-state index contributed by atoms with van der Waals surface area (Å²) in [7, 11) is -3.28. The number of alkyl halides is 1. The second-order valence-corrected chi connectivity index (χ2v) is 8.49. The topological polar surface area (TPSA) is 43.4 Å². The van der Waals surface area contributed by atoms with E-state index in [0.29, 0.717) is 5.56 Å². The van der Waals surface area contributed by atoms with Crippen molar-refractivity contribution >= 4 is 21.4 Å². The molecule has 0 aliphatic carbocycles. The number of hydrogen-bond donors (Lipinski definition) is 0. The zero-order valence-corrected chi connectivity index (χ0v) is 13.8. The highest BCUT2D eigenvalue weighted by Crippen LogP contribution is 2.20. The summed E-state index contributed by atoms with van der Waals surface area (Å²) in [5.74, 6) is 5.15. The molecule has 0 bridgehead atoms. The van der Waals surface area contributed by atoms with Gasteiger partial charge < -0.3 is 4.74 Å². The van der Waals surface area contributed by atoms with Crippen molar-refractivity contribution in [2.45, 2.75) is 25.5 Å². The van der Waals surface area contributed by atoms with Crippen LogP contribution in [0, 0.1) is 17.7 Å². The molecule has 1 aromatic rings. The predicted octanol–water partition coefficient (Wildman–Crippen LogP) is 3.01. The van der Waals surface area contributed by atoms with E-state index in [1.54, 1.807) is 20.8 Å². The largest absolute Gasteiger partial charge is 0.491 e. The molecular weight excluding hydrogens is 315 g/mol. The summed E-state index contributed by atoms with van der Waals surface area (Å²) < 4.78 is 41.7. The number of rotatable bonds is 4. The first-order valence-electron chi connectivity index (χ1n) is 6.37. The molecule has 0 atom stereocenters. The van der Waals surface area contributed by atoms with E-state index in [1.165, 1.54) is 18.2 Å². The fraction of sp³-hybridized carbons (Fsp3) is 0.467. The van der Waals surface area contributed by atoms with Gasteiger partial charge in [-0.3, -0.25) is 0 Å². The lowest BCUT2D eigenvalue weighted by Gasteiger charge is -2.19. The quantitative estimate of drug-likeness (QED) is 0.629. The van der Waals surface area contributed by atoms with E-state index >= 15 is 0 Å². The van der Waals surface area contributed by atoms with Crippen molar-refractivity contribution < 1.29 is 17.5 Å². The number of sulfone groups is 1. The lowest BCUT2D eigenvalue weighted by molar-refractivity contribution is 0.337. The van der Waals surface area contributed by atoms with Crippen molar-refractivity contribution in [3.05, 3.63) is 29.6 Å². The van der Waals surface area contributed by atoms with Gasteiger partial charge in [-0.05, 0) is 32.9 Å². The molecule has 0 unspecified atom stereocenters. The summed E-state index contributed by atoms with van der Waals surface area (Å²) in [6.45, 7) is 4.82. The number of hydrogen-bond acceptors (Lipinski definition) is 3. The molecule has 0 aromatic heterocycles. The minimum Gasteiger partial charge on any atom is -0.491 e. The average molecular weight is 333 g/mol. The first-order valence-corrected chi connectivity index (χ1v) is 8.55. The van der Waals surface area contributed by atoms with E-state index in [-0.39, 0.29) is 24.0 Å². The third-order valence-electron chi connectivity index (χ3n) is 2.78. The van der Waals surface area contributed by atoms with Crippen LogP contribution in [-0.2, 0) is 9.84 Å². The van der Waals surface area contributed by atoms with Gasteiger partial charge in [-0.15, -0.1) is 11.6 Å². The highest BCUT2D eigenvalue weighted by atomic mass is 35.5. The van der Waals surface area contributed by atoms with Gasteiger partial charge in [0, 0.05) is 6.07 Å². The summed E-state index contributed by atoms with van der Waals surface area (Å²) >= 11 is 5.48. The zero-order valence-electron chi connectivity index (χ0n) is 12.2. The van der Waals surface area contributed by atoms with Crippen molar-refractivity contribution in [1.82, 2.24) is 0 Å². The fourth-order valence-corrected chi connectivity index (χ4v) is 2.40. The van der Waals surface area contributed by atoms with E-state index in [0.717, 1.165) is 0 Å². The molecule has 0 N–H and O–H groups in total. The van der Waals surface area contributed by atoms with Crippen molar-refractivity contribution in [3.8, 4) is 17.6 Å². The normalized spacial score (nSPS) is 11.7. The molecule has 3 nitrogen and oxygen atoms in total. The molecule has 1 aromatic carbocycles. The second kappa shape index (κ2) is 7.15. The van der Waals surface area contributed by atoms with Gasteiger partial charge in [0.05, 0.1) is 21.9 Å². The van der Waals surface area contributed by atoms with E-state index in [9.17, 15) is 12.8 Å². The molecule has 0 amide bonds. The fourth-order valence-electron chi connectivity index (χ4n) is 1.42. The first-order chi connectivity index (χ1) is 9.67. The van der Waals surface area contributed by atoms with Crippen LogP contribution < -0.4 is 4.74 Å². The molecule has 0 heterocycles. The Labute approximate surface area is 130 Å². The van der Waals surface area contributed by atoms with Gasteiger partial charge in [0.15, 0.2) is 9.84 Å². The van der Waals surface area contributed by atoms with Crippen LogP contribution in [0.25, 0.3) is 0 Å². The Kier molecular flexibility index (Phi) is 6.06. The second-order valence-electron chi connectivity index (χ2n) is 5.36. The molecule has 0 aliphatic heterocycles. The van der Waals surface area contributed by atoms with E-state index in [4.69, 9.17) is 16.3 Å². The lowest BCUT2D eigenvalue weighted by Crippen LogP contribution is -2.32. The van der Waals surface area contributed by atoms with Gasteiger partial charge in [0.1, 0.15) is 18.2 Å². The summed E-state index contributed by atoms with van der Waals surface area (Å²) in [6, 6.07) is 3.92. The standard InChI is InChI=1S/C15H18ClFO3S/c1-15(2,3)21(18,19)10-9-20-14-11-13(17)7-6-12(14)5-4-8-16/h6-7,11H,8-10H2,1-3H3. The van der Waals surface area contributed by atoms with Crippen LogP contribution in [0.1, 0.15) is 26.3 Å². The van der Waals surface area contributed by atoms with Crippen LogP contribution >= 0.6 is 11.6 Å². The highest BCUT2D eigenvalue weighted by molar-refractivity contribution is 7.92. The summed E-state index contributed by atoms with van der Waals surface area (Å²) in [5.41, 5.74) is 0.477. The van der Waals surface area contributed by atoms with E-state index in [2.05, 4.69) is 11.8 Å². The molecule has 0 radical (unpaired) electrons. The highest BCUT2D eigenvalue weighted by Gasteiger charge is 2.28. The molecule has 0 aliphatic rings. The third-order valence-corrected chi connectivity index (χ3v) is 5.48. The maximum absolute atomic E-state index is 13.2. The Hall–Kier alpha value is -1.25. The Balaban J connectivity index is 2.83. The molecule has 21 heavy (non-hydrogen) atoms. The van der Waals surface area contributed by atoms with Gasteiger partial charge in [-0.1, -0.05) is 11.8 Å². The lowest BCUT2D eigenvalue weighted by atomic mass is 10.2. The maximum Gasteiger partial charge on any atom is 0.158 e. The number of halogens is 2. The Morgan fingerprint density at radius 2 is 2.00 bits per heavy atom. The SMILES string of the molecule is CC(C)(C)S(=O)(=O)CCOc1cc(F)ccc1C#CCCl. The third kappa shape index (κ3) is 5.22. The van der Waals surface area contributed by atoms with Gasteiger partial charge >= 0.3 is 0 Å². The van der Waals surface area contributed by atoms with E-state index < -0.39 is 20.4 Å². The van der Waals surface area contributed by atoms with Gasteiger partial charge in [0.2, 0.25) is 0 Å². The molecule has 0 saturated heterocycles. The Morgan fingerprint density at radius 3 is 2.57 bits per heavy atom. The van der Waals surface area contributed by atoms with Gasteiger partial charge in [-0.2, -0.15) is 0 Å². The Bertz CT molecular complexity index is 652. The average Bonchev–Trinajstić information content (AvgIpc) is 2.36. The molecule has 116 valence electrons. The number of ether oxygens (including phenoxy) is 1. The Morgan fingerprint density at radius 1 is 1.33 bits per heavy atom. The maximum atomic E-state index is 13.2. The minimum absolute atomic E-state index is 0.0569. The predicted molar refractivity (Wildman–Crippen MR) is 83.0 cm³/mol. The molecule has 0 fully saturated rings. The van der Waals surface area contributed by atoms with Gasteiger partial charge in [0.25, 0.3) is 0 Å². The molecular formula is C15H18ClFO3S. The van der Waals surface area contributed by atoms with E-state index in [1.807, 2.05) is 0 Å². The summed E-state index contributed by atoms with van der Waals surface area (Å²) in [4.78, 5) is 0. The molecule has 1 rings (SSSR count). The van der Waals surface area contributed by atoms with Crippen molar-refractivity contribution in [1.29, 1.82) is 0 Å². The smallest absolute Gasteiger partial charge is 0.158 e. The van der Waals surface area contributed by atoms with Crippen molar-refractivity contribution in [2.75, 3.05) is 18.2 Å². The molecule has 6 heteroatoms. The van der Waals surface area contributed by atoms with Crippen LogP contribution in [0.15, 0.2) is 18.2 Å². The summed E-state index contributed by atoms with van der Waals surface area (Å²) in [6.07, 6.45) is 0. The molecule has 0 spiro atoms. The minimum atomic E-state index is -3.28. The number of benzene rings is 1.